The van der Waals surface area contributed by atoms with Crippen LogP contribution in [0.5, 0.6) is 0 Å². The summed E-state index contributed by atoms with van der Waals surface area (Å²) in [6.45, 7) is 2.07. The molecular formula is C29H26N4O2S. The summed E-state index contributed by atoms with van der Waals surface area (Å²) >= 11 is 1.56. The summed E-state index contributed by atoms with van der Waals surface area (Å²) in [5, 5.41) is 8.66. The van der Waals surface area contributed by atoms with Gasteiger partial charge in [0.2, 0.25) is 11.1 Å². The molecule has 1 aliphatic rings. The fourth-order valence-electron chi connectivity index (χ4n) is 3.96. The first-order valence-corrected chi connectivity index (χ1v) is 12.7. The van der Waals surface area contributed by atoms with Crippen LogP contribution in [0.2, 0.25) is 0 Å². The number of thioether (sulfide) groups is 1. The molecule has 1 N–H and O–H groups in total. The number of hydrogen-bond donors (Lipinski definition) is 1. The second-order valence-electron chi connectivity index (χ2n) is 8.38. The van der Waals surface area contributed by atoms with Crippen molar-refractivity contribution < 1.29 is 9.53 Å². The van der Waals surface area contributed by atoms with E-state index in [1.807, 2.05) is 97.9 Å². The number of esters is 1. The van der Waals surface area contributed by atoms with E-state index in [0.29, 0.717) is 22.4 Å². The molecule has 0 radical (unpaired) electrons. The quantitative estimate of drug-likeness (QED) is 0.230. The molecule has 4 aromatic rings. The van der Waals surface area contributed by atoms with E-state index in [2.05, 4.69) is 17.4 Å². The van der Waals surface area contributed by atoms with Crippen molar-refractivity contribution in [3.63, 3.8) is 0 Å². The van der Waals surface area contributed by atoms with Gasteiger partial charge < -0.3 is 10.1 Å². The lowest BCUT2D eigenvalue weighted by Crippen LogP contribution is -2.28. The predicted octanol–water partition coefficient (Wildman–Crippen LogP) is 6.27. The second kappa shape index (κ2) is 11.1. The van der Waals surface area contributed by atoms with Crippen LogP contribution in [0.1, 0.15) is 29.7 Å². The van der Waals surface area contributed by atoms with Crippen LogP contribution in [0, 0.1) is 0 Å². The molecule has 5 rings (SSSR count). The molecule has 0 saturated carbocycles. The maximum absolute atomic E-state index is 13.3. The van der Waals surface area contributed by atoms with Crippen LogP contribution in [0.15, 0.2) is 113 Å². The number of fused-ring (bicyclic) bond motifs is 1. The van der Waals surface area contributed by atoms with Crippen molar-refractivity contribution in [1.29, 1.82) is 0 Å². The van der Waals surface area contributed by atoms with Gasteiger partial charge in [-0.15, -0.1) is 5.10 Å². The molecule has 0 spiro atoms. The number of rotatable bonds is 8. The average Bonchev–Trinajstić information content (AvgIpc) is 3.33. The third-order valence-corrected chi connectivity index (χ3v) is 6.70. The first-order valence-electron chi connectivity index (χ1n) is 11.7. The molecule has 1 unspecified atom stereocenters. The molecule has 180 valence electrons. The maximum Gasteiger partial charge on any atom is 0.338 e. The summed E-state index contributed by atoms with van der Waals surface area (Å²) < 4.78 is 7.47. The summed E-state index contributed by atoms with van der Waals surface area (Å²) in [6.07, 6.45) is 3.97. The van der Waals surface area contributed by atoms with Gasteiger partial charge in [-0.05, 0) is 23.6 Å². The maximum atomic E-state index is 13.3. The normalized spacial score (nSPS) is 15.0. The van der Waals surface area contributed by atoms with Crippen LogP contribution < -0.4 is 5.32 Å². The van der Waals surface area contributed by atoms with Crippen molar-refractivity contribution in [2.75, 3.05) is 5.32 Å². The van der Waals surface area contributed by atoms with Gasteiger partial charge in [-0.25, -0.2) is 9.48 Å². The van der Waals surface area contributed by atoms with E-state index >= 15 is 0 Å². The van der Waals surface area contributed by atoms with Crippen molar-refractivity contribution in [1.82, 2.24) is 14.8 Å². The van der Waals surface area contributed by atoms with Gasteiger partial charge in [0.05, 0.1) is 5.57 Å². The summed E-state index contributed by atoms with van der Waals surface area (Å²) in [4.78, 5) is 18.0. The summed E-state index contributed by atoms with van der Waals surface area (Å²) in [7, 11) is 0. The lowest BCUT2D eigenvalue weighted by molar-refractivity contribution is -0.140. The highest BCUT2D eigenvalue weighted by Crippen LogP contribution is 2.34. The monoisotopic (exact) mass is 494 g/mol. The summed E-state index contributed by atoms with van der Waals surface area (Å²) in [5.74, 6) is 0.976. The first-order chi connectivity index (χ1) is 17.7. The van der Waals surface area contributed by atoms with Crippen LogP contribution in [0.4, 0.5) is 5.95 Å². The molecule has 7 heteroatoms. The van der Waals surface area contributed by atoms with Gasteiger partial charge in [0.25, 0.3) is 0 Å². The number of nitrogens with zero attached hydrogens (tertiary/aromatic N) is 3. The van der Waals surface area contributed by atoms with E-state index in [4.69, 9.17) is 14.8 Å². The molecule has 6 nitrogen and oxygen atoms in total. The van der Waals surface area contributed by atoms with Crippen LogP contribution in [-0.4, -0.2) is 20.7 Å². The number of carbonyl (C=O) groups excluding carboxylic acids is 1. The summed E-state index contributed by atoms with van der Waals surface area (Å²) in [5.41, 5.74) is 4.38. The van der Waals surface area contributed by atoms with E-state index in [-0.39, 0.29) is 12.6 Å². The van der Waals surface area contributed by atoms with Gasteiger partial charge >= 0.3 is 5.97 Å². The molecule has 0 fully saturated rings. The van der Waals surface area contributed by atoms with E-state index in [1.165, 1.54) is 5.56 Å². The Kier molecular flexibility index (Phi) is 7.28. The van der Waals surface area contributed by atoms with E-state index in [1.54, 1.807) is 16.4 Å². The Hall–Kier alpha value is -4.10. The number of carbonyl (C=O) groups is 1. The molecule has 1 aliphatic heterocycles. The van der Waals surface area contributed by atoms with Crippen LogP contribution in [0.25, 0.3) is 6.08 Å². The Bertz CT molecular complexity index is 1380. The molecule has 0 amide bonds. The third-order valence-electron chi connectivity index (χ3n) is 5.79. The highest BCUT2D eigenvalue weighted by Gasteiger charge is 2.32. The van der Waals surface area contributed by atoms with E-state index in [9.17, 15) is 4.79 Å². The fourth-order valence-corrected chi connectivity index (χ4v) is 4.75. The van der Waals surface area contributed by atoms with Crippen LogP contribution in [-0.2, 0) is 21.9 Å². The molecule has 0 bridgehead atoms. The van der Waals surface area contributed by atoms with Crippen molar-refractivity contribution >= 4 is 29.8 Å². The second-order valence-corrected chi connectivity index (χ2v) is 9.32. The van der Waals surface area contributed by atoms with Crippen molar-refractivity contribution in [3.05, 3.63) is 125 Å². The molecule has 0 saturated heterocycles. The molecule has 0 aliphatic carbocycles. The number of hydrogen-bond acceptors (Lipinski definition) is 6. The molecule has 1 aromatic heterocycles. The van der Waals surface area contributed by atoms with E-state index in [0.717, 1.165) is 16.9 Å². The molecule has 3 aromatic carbocycles. The smallest absolute Gasteiger partial charge is 0.338 e. The number of anilines is 1. The van der Waals surface area contributed by atoms with Gasteiger partial charge in [-0.1, -0.05) is 115 Å². The van der Waals surface area contributed by atoms with Crippen molar-refractivity contribution in [2.24, 2.45) is 0 Å². The number of nitrogens with one attached hydrogen (secondary N) is 1. The minimum atomic E-state index is -0.455. The average molecular weight is 495 g/mol. The van der Waals surface area contributed by atoms with Gasteiger partial charge in [-0.2, -0.15) is 4.98 Å². The number of allylic oxidation sites excluding steroid dienone is 2. The fraction of sp³-hybridized carbons (Fsp3) is 0.138. The third kappa shape index (κ3) is 5.58. The highest BCUT2D eigenvalue weighted by molar-refractivity contribution is 7.98. The molecule has 2 heterocycles. The lowest BCUT2D eigenvalue weighted by Gasteiger charge is -2.25. The Labute approximate surface area is 214 Å². The topological polar surface area (TPSA) is 69.0 Å². The van der Waals surface area contributed by atoms with Crippen LogP contribution in [0.3, 0.4) is 0 Å². The minimum Gasteiger partial charge on any atom is -0.457 e. The molecule has 1 atom stereocenters. The predicted molar refractivity (Wildman–Crippen MR) is 143 cm³/mol. The standard InChI is InChI=1S/C29H26N4O2S/c1-21-26(27(34)35-19-23-13-7-3-8-14-23)25(18-17-22-11-5-2-6-12-22)33-28(30-21)31-29(32-33)36-20-24-15-9-4-10-16-24/h2-18,25H,19-20H2,1H3,(H,30,31,32)/b18-17+. The Morgan fingerprint density at radius 1 is 0.972 bits per heavy atom. The van der Waals surface area contributed by atoms with Gasteiger partial charge in [-0.3, -0.25) is 0 Å². The van der Waals surface area contributed by atoms with Crippen LogP contribution >= 0.6 is 11.8 Å². The zero-order valence-electron chi connectivity index (χ0n) is 19.9. The highest BCUT2D eigenvalue weighted by atomic mass is 32.2. The number of aromatic nitrogens is 3. The molecular weight excluding hydrogens is 468 g/mol. The Morgan fingerprint density at radius 2 is 1.61 bits per heavy atom. The summed E-state index contributed by atoms with van der Waals surface area (Å²) in [6, 6.07) is 29.4. The minimum absolute atomic E-state index is 0.202. The SMILES string of the molecule is CC1=C(C(=O)OCc2ccccc2)C(/C=C/c2ccccc2)n2nc(SCc3ccccc3)nc2N1. The zero-order valence-corrected chi connectivity index (χ0v) is 20.7. The van der Waals surface area contributed by atoms with Gasteiger partial charge in [0, 0.05) is 11.4 Å². The largest absolute Gasteiger partial charge is 0.457 e. The van der Waals surface area contributed by atoms with E-state index < -0.39 is 6.04 Å². The van der Waals surface area contributed by atoms with Gasteiger partial charge in [0.1, 0.15) is 12.6 Å². The zero-order chi connectivity index (χ0) is 24.7. The van der Waals surface area contributed by atoms with Crippen molar-refractivity contribution in [2.45, 2.75) is 30.5 Å². The number of benzene rings is 3. The lowest BCUT2D eigenvalue weighted by atomic mass is 10.0. The first kappa shape index (κ1) is 23.6. The number of ether oxygens (including phenoxy) is 1. The van der Waals surface area contributed by atoms with Gasteiger partial charge in [0.15, 0.2) is 0 Å². The molecule has 36 heavy (non-hydrogen) atoms. The Balaban J connectivity index is 1.41. The van der Waals surface area contributed by atoms with Crippen molar-refractivity contribution in [3.8, 4) is 0 Å². The Morgan fingerprint density at radius 3 is 2.31 bits per heavy atom.